The van der Waals surface area contributed by atoms with Gasteiger partial charge in [-0.2, -0.15) is 0 Å². The fourth-order valence-electron chi connectivity index (χ4n) is 3.65. The van der Waals surface area contributed by atoms with E-state index in [9.17, 15) is 4.39 Å². The minimum atomic E-state index is -0.176. The molecular weight excluding hydrogens is 287 g/mol. The molecule has 0 unspecified atom stereocenters. The van der Waals surface area contributed by atoms with Crippen LogP contribution in [0.15, 0.2) is 42.5 Å². The van der Waals surface area contributed by atoms with Crippen LogP contribution in [0.5, 0.6) is 0 Å². The van der Waals surface area contributed by atoms with Crippen molar-refractivity contribution in [3.63, 3.8) is 0 Å². The summed E-state index contributed by atoms with van der Waals surface area (Å²) >= 11 is 0. The first-order chi connectivity index (χ1) is 11.1. The molecule has 0 bridgehead atoms. The first-order valence-electron chi connectivity index (χ1n) is 8.15. The van der Waals surface area contributed by atoms with Crippen molar-refractivity contribution in [1.82, 2.24) is 9.47 Å². The van der Waals surface area contributed by atoms with E-state index in [0.29, 0.717) is 0 Å². The summed E-state index contributed by atoms with van der Waals surface area (Å²) < 4.78 is 15.6. The van der Waals surface area contributed by atoms with Gasteiger partial charge in [0, 0.05) is 42.7 Å². The highest BCUT2D eigenvalue weighted by Gasteiger charge is 2.22. The average molecular weight is 308 g/mol. The number of halogens is 1. The highest BCUT2D eigenvalue weighted by Crippen LogP contribution is 2.32. The fourth-order valence-corrected chi connectivity index (χ4v) is 3.65. The molecule has 23 heavy (non-hydrogen) atoms. The van der Waals surface area contributed by atoms with Crippen molar-refractivity contribution in [2.75, 3.05) is 13.6 Å². The quantitative estimate of drug-likeness (QED) is 0.691. The van der Waals surface area contributed by atoms with Crippen LogP contribution in [0.4, 0.5) is 4.39 Å². The predicted molar refractivity (Wildman–Crippen MR) is 92.2 cm³/mol. The number of hydrogen-bond acceptors (Lipinski definition) is 1. The largest absolute Gasteiger partial charge is 0.340 e. The van der Waals surface area contributed by atoms with E-state index < -0.39 is 0 Å². The van der Waals surface area contributed by atoms with Crippen molar-refractivity contribution in [3.05, 3.63) is 70.7 Å². The Morgan fingerprint density at radius 3 is 2.65 bits per heavy atom. The highest BCUT2D eigenvalue weighted by atomic mass is 19.1. The van der Waals surface area contributed by atoms with Gasteiger partial charge in [-0.25, -0.2) is 4.39 Å². The SMILES string of the molecule is Cc1ccc2c(c1)c1c(n2Cc2ccc(F)cc2)CCN(C)C1. The van der Waals surface area contributed by atoms with Crippen molar-refractivity contribution in [2.24, 2.45) is 0 Å². The Hall–Kier alpha value is -2.13. The number of benzene rings is 2. The molecule has 0 radical (unpaired) electrons. The third kappa shape index (κ3) is 2.55. The van der Waals surface area contributed by atoms with Crippen LogP contribution >= 0.6 is 0 Å². The van der Waals surface area contributed by atoms with Crippen LogP contribution in [0, 0.1) is 12.7 Å². The zero-order chi connectivity index (χ0) is 16.0. The maximum atomic E-state index is 13.2. The van der Waals surface area contributed by atoms with Gasteiger partial charge in [-0.3, -0.25) is 0 Å². The standard InChI is InChI=1S/C20H21FN2/c1-14-3-8-19-17(11-14)18-13-22(2)10-9-20(18)23(19)12-15-4-6-16(21)7-5-15/h3-8,11H,9-10,12-13H2,1-2H3. The molecule has 3 heteroatoms. The number of hydrogen-bond donors (Lipinski definition) is 0. The summed E-state index contributed by atoms with van der Waals surface area (Å²) in [5, 5.41) is 1.37. The molecule has 3 aromatic rings. The summed E-state index contributed by atoms with van der Waals surface area (Å²) in [5.41, 5.74) is 6.63. The van der Waals surface area contributed by atoms with Crippen molar-refractivity contribution in [1.29, 1.82) is 0 Å². The number of rotatable bonds is 2. The molecule has 0 saturated carbocycles. The van der Waals surface area contributed by atoms with E-state index in [1.165, 1.54) is 27.7 Å². The molecule has 0 aliphatic carbocycles. The molecule has 1 aliphatic heterocycles. The number of aryl methyl sites for hydroxylation is 1. The van der Waals surface area contributed by atoms with E-state index in [-0.39, 0.29) is 5.82 Å². The molecule has 0 amide bonds. The Labute approximate surface area is 136 Å². The van der Waals surface area contributed by atoms with Gasteiger partial charge in [-0.1, -0.05) is 23.8 Å². The lowest BCUT2D eigenvalue weighted by Gasteiger charge is -2.24. The zero-order valence-corrected chi connectivity index (χ0v) is 13.6. The van der Waals surface area contributed by atoms with E-state index in [0.717, 1.165) is 31.6 Å². The van der Waals surface area contributed by atoms with Crippen LogP contribution in [-0.2, 0) is 19.5 Å². The third-order valence-electron chi connectivity index (χ3n) is 4.85. The minimum Gasteiger partial charge on any atom is -0.340 e. The van der Waals surface area contributed by atoms with Gasteiger partial charge in [0.2, 0.25) is 0 Å². The topological polar surface area (TPSA) is 8.17 Å². The highest BCUT2D eigenvalue weighted by molar-refractivity contribution is 5.86. The second-order valence-corrected chi connectivity index (χ2v) is 6.65. The number of likely N-dealkylation sites (N-methyl/N-ethyl adjacent to an activating group) is 1. The number of aromatic nitrogens is 1. The monoisotopic (exact) mass is 308 g/mol. The smallest absolute Gasteiger partial charge is 0.123 e. The second kappa shape index (κ2) is 5.50. The predicted octanol–water partition coefficient (Wildman–Crippen LogP) is 4.13. The van der Waals surface area contributed by atoms with Crippen molar-refractivity contribution < 1.29 is 4.39 Å². The van der Waals surface area contributed by atoms with Crippen molar-refractivity contribution >= 4 is 10.9 Å². The van der Waals surface area contributed by atoms with Gasteiger partial charge in [0.25, 0.3) is 0 Å². The molecule has 2 heterocycles. The van der Waals surface area contributed by atoms with Gasteiger partial charge < -0.3 is 9.47 Å². The Morgan fingerprint density at radius 1 is 1.09 bits per heavy atom. The van der Waals surface area contributed by atoms with E-state index in [1.54, 1.807) is 12.1 Å². The van der Waals surface area contributed by atoms with Crippen LogP contribution in [0.3, 0.4) is 0 Å². The van der Waals surface area contributed by atoms with E-state index in [2.05, 4.69) is 41.6 Å². The van der Waals surface area contributed by atoms with Gasteiger partial charge in [0.15, 0.2) is 0 Å². The van der Waals surface area contributed by atoms with Crippen LogP contribution in [0.1, 0.15) is 22.4 Å². The normalized spacial score (nSPS) is 15.1. The summed E-state index contributed by atoms with van der Waals surface area (Å²) in [7, 11) is 2.18. The molecule has 0 fully saturated rings. The molecular formula is C20H21FN2. The van der Waals surface area contributed by atoms with E-state index >= 15 is 0 Å². The second-order valence-electron chi connectivity index (χ2n) is 6.65. The van der Waals surface area contributed by atoms with Gasteiger partial charge in [0.05, 0.1) is 0 Å². The first kappa shape index (κ1) is 14.5. The molecule has 1 aliphatic rings. The maximum Gasteiger partial charge on any atom is 0.123 e. The molecule has 2 nitrogen and oxygen atoms in total. The van der Waals surface area contributed by atoms with Gasteiger partial charge in [-0.15, -0.1) is 0 Å². The number of nitrogens with zero attached hydrogens (tertiary/aromatic N) is 2. The summed E-state index contributed by atoms with van der Waals surface area (Å²) in [5.74, 6) is -0.176. The lowest BCUT2D eigenvalue weighted by molar-refractivity contribution is 0.310. The number of fused-ring (bicyclic) bond motifs is 3. The van der Waals surface area contributed by atoms with E-state index in [1.807, 2.05) is 12.1 Å². The molecule has 4 rings (SSSR count). The first-order valence-corrected chi connectivity index (χ1v) is 8.15. The van der Waals surface area contributed by atoms with Crippen LogP contribution < -0.4 is 0 Å². The van der Waals surface area contributed by atoms with Crippen LogP contribution in [0.25, 0.3) is 10.9 Å². The third-order valence-corrected chi connectivity index (χ3v) is 4.85. The Balaban J connectivity index is 1.86. The Kier molecular flexibility index (Phi) is 3.46. The fraction of sp³-hybridized carbons (Fsp3) is 0.300. The summed E-state index contributed by atoms with van der Waals surface area (Å²) in [6.45, 7) is 5.05. The molecule has 1 aromatic heterocycles. The lowest BCUT2D eigenvalue weighted by atomic mass is 10.0. The van der Waals surface area contributed by atoms with E-state index in [4.69, 9.17) is 0 Å². The van der Waals surface area contributed by atoms with Crippen molar-refractivity contribution in [2.45, 2.75) is 26.4 Å². The maximum absolute atomic E-state index is 13.2. The van der Waals surface area contributed by atoms with Gasteiger partial charge >= 0.3 is 0 Å². The zero-order valence-electron chi connectivity index (χ0n) is 13.6. The van der Waals surface area contributed by atoms with Crippen molar-refractivity contribution in [3.8, 4) is 0 Å². The molecule has 0 saturated heterocycles. The average Bonchev–Trinajstić information content (AvgIpc) is 2.82. The Morgan fingerprint density at radius 2 is 1.87 bits per heavy atom. The Bertz CT molecular complexity index is 861. The molecule has 2 aromatic carbocycles. The molecule has 0 atom stereocenters. The summed E-state index contributed by atoms with van der Waals surface area (Å²) in [4.78, 5) is 2.38. The van der Waals surface area contributed by atoms with Crippen LogP contribution in [-0.4, -0.2) is 23.1 Å². The van der Waals surface area contributed by atoms with Crippen LogP contribution in [0.2, 0.25) is 0 Å². The van der Waals surface area contributed by atoms with Gasteiger partial charge in [0.1, 0.15) is 5.82 Å². The summed E-state index contributed by atoms with van der Waals surface area (Å²) in [6.07, 6.45) is 1.07. The summed E-state index contributed by atoms with van der Waals surface area (Å²) in [6, 6.07) is 13.6. The molecule has 0 spiro atoms. The lowest BCUT2D eigenvalue weighted by Crippen LogP contribution is -2.27. The van der Waals surface area contributed by atoms with Gasteiger partial charge in [-0.05, 0) is 49.4 Å². The minimum absolute atomic E-state index is 0.176. The molecule has 0 N–H and O–H groups in total. The molecule has 118 valence electrons.